The second kappa shape index (κ2) is 6.13. The minimum atomic E-state index is -0.587. The van der Waals surface area contributed by atoms with Gasteiger partial charge in [-0.2, -0.15) is 0 Å². The molecule has 0 aliphatic rings. The number of carbonyl (C=O) groups is 1. The van der Waals surface area contributed by atoms with E-state index in [1.54, 1.807) is 0 Å². The molecule has 0 saturated heterocycles. The second-order valence-corrected chi connectivity index (χ2v) is 6.25. The van der Waals surface area contributed by atoms with E-state index in [1.807, 2.05) is 24.3 Å². The number of ketones is 1. The fourth-order valence-electron chi connectivity index (χ4n) is 2.14. The zero-order valence-electron chi connectivity index (χ0n) is 13.0. The molecule has 0 amide bonds. The fourth-order valence-corrected chi connectivity index (χ4v) is 2.14. The van der Waals surface area contributed by atoms with Crippen molar-refractivity contribution >= 4 is 11.7 Å². The largest absolute Gasteiger partial charge is 0.433 e. The quantitative estimate of drug-likeness (QED) is 0.469. The molecule has 5 nitrogen and oxygen atoms in total. The predicted octanol–water partition coefficient (Wildman–Crippen LogP) is 4.30. The first-order valence-corrected chi connectivity index (χ1v) is 7.14. The first kappa shape index (κ1) is 15.9. The van der Waals surface area contributed by atoms with Crippen LogP contribution in [0.1, 0.15) is 48.9 Å². The molecule has 0 spiro atoms. The minimum absolute atomic E-state index is 0.000452. The van der Waals surface area contributed by atoms with E-state index in [2.05, 4.69) is 20.8 Å². The van der Waals surface area contributed by atoms with Gasteiger partial charge in [0.1, 0.15) is 10.7 Å². The summed E-state index contributed by atoms with van der Waals surface area (Å²) in [6.07, 6.45) is 0.618. The van der Waals surface area contributed by atoms with Crippen molar-refractivity contribution < 1.29 is 14.1 Å². The highest BCUT2D eigenvalue weighted by Crippen LogP contribution is 2.23. The summed E-state index contributed by atoms with van der Waals surface area (Å²) in [5.74, 6) is 0.155. The van der Waals surface area contributed by atoms with Crippen LogP contribution in [-0.4, -0.2) is 10.7 Å². The average Bonchev–Trinajstić information content (AvgIpc) is 2.93. The highest BCUT2D eigenvalue weighted by molar-refractivity contribution is 5.96. The van der Waals surface area contributed by atoms with Gasteiger partial charge in [-0.3, -0.25) is 14.9 Å². The lowest BCUT2D eigenvalue weighted by molar-refractivity contribution is -0.402. The number of hydrogen-bond donors (Lipinski definition) is 0. The molecule has 2 aromatic rings. The number of nitro groups is 1. The summed E-state index contributed by atoms with van der Waals surface area (Å²) in [5, 5.41) is 10.5. The first-order valence-electron chi connectivity index (χ1n) is 7.14. The summed E-state index contributed by atoms with van der Waals surface area (Å²) in [4.78, 5) is 22.1. The van der Waals surface area contributed by atoms with Crippen molar-refractivity contribution in [1.29, 1.82) is 0 Å². The molecule has 0 bridgehead atoms. The maximum absolute atomic E-state index is 12.1. The molecule has 1 aromatic carbocycles. The molecular formula is C17H19NO4. The van der Waals surface area contributed by atoms with E-state index in [0.717, 1.165) is 0 Å². The maximum atomic E-state index is 12.1. The Morgan fingerprint density at radius 2 is 1.77 bits per heavy atom. The molecule has 0 N–H and O–H groups in total. The highest BCUT2D eigenvalue weighted by atomic mass is 16.6. The van der Waals surface area contributed by atoms with Crippen molar-refractivity contribution in [1.82, 2.24) is 0 Å². The van der Waals surface area contributed by atoms with Crippen molar-refractivity contribution in [3.05, 3.63) is 63.4 Å². The predicted molar refractivity (Wildman–Crippen MR) is 83.2 cm³/mol. The van der Waals surface area contributed by atoms with Crippen LogP contribution in [0.15, 0.2) is 40.8 Å². The zero-order valence-corrected chi connectivity index (χ0v) is 13.0. The third-order valence-corrected chi connectivity index (χ3v) is 3.50. The van der Waals surface area contributed by atoms with Crippen LogP contribution < -0.4 is 0 Å². The number of benzene rings is 1. The monoisotopic (exact) mass is 301 g/mol. The molecule has 1 heterocycles. The van der Waals surface area contributed by atoms with Gasteiger partial charge in [-0.15, -0.1) is 0 Å². The Morgan fingerprint density at radius 1 is 1.14 bits per heavy atom. The number of rotatable bonds is 5. The van der Waals surface area contributed by atoms with Gasteiger partial charge in [0.2, 0.25) is 0 Å². The maximum Gasteiger partial charge on any atom is 0.433 e. The van der Waals surface area contributed by atoms with Crippen LogP contribution in [0.4, 0.5) is 5.88 Å². The molecule has 5 heteroatoms. The first-order chi connectivity index (χ1) is 10.3. The van der Waals surface area contributed by atoms with Gasteiger partial charge in [0.25, 0.3) is 0 Å². The van der Waals surface area contributed by atoms with E-state index in [9.17, 15) is 14.9 Å². The standard InChI is InChI=1S/C17H19NO4/c1-17(2,3)13-6-4-12(5-7-13)15(19)10-8-14-9-11-16(22-14)18(20)21/h4-7,9,11H,8,10H2,1-3H3. The third-order valence-electron chi connectivity index (χ3n) is 3.50. The number of carbonyl (C=O) groups excluding carboxylic acids is 1. The Morgan fingerprint density at radius 3 is 2.27 bits per heavy atom. The van der Waals surface area contributed by atoms with Crippen LogP contribution in [0.2, 0.25) is 0 Å². The van der Waals surface area contributed by atoms with Crippen LogP contribution in [0.5, 0.6) is 0 Å². The van der Waals surface area contributed by atoms with E-state index < -0.39 is 4.92 Å². The molecule has 22 heavy (non-hydrogen) atoms. The molecule has 0 atom stereocenters. The molecule has 0 aliphatic carbocycles. The van der Waals surface area contributed by atoms with E-state index >= 15 is 0 Å². The average molecular weight is 301 g/mol. The molecule has 0 unspecified atom stereocenters. The third kappa shape index (κ3) is 3.81. The number of hydrogen-bond acceptors (Lipinski definition) is 4. The number of nitrogens with zero attached hydrogens (tertiary/aromatic N) is 1. The van der Waals surface area contributed by atoms with Crippen molar-refractivity contribution in [2.45, 2.75) is 39.0 Å². The van der Waals surface area contributed by atoms with Gasteiger partial charge >= 0.3 is 5.88 Å². The molecule has 2 rings (SSSR count). The Balaban J connectivity index is 1.98. The van der Waals surface area contributed by atoms with Crippen LogP contribution in [0.25, 0.3) is 0 Å². The summed E-state index contributed by atoms with van der Waals surface area (Å²) < 4.78 is 5.04. The number of furan rings is 1. The fraction of sp³-hybridized carbons (Fsp3) is 0.353. The molecule has 0 aliphatic heterocycles. The van der Waals surface area contributed by atoms with Crippen molar-refractivity contribution in [2.24, 2.45) is 0 Å². The lowest BCUT2D eigenvalue weighted by atomic mass is 9.86. The Labute approximate surface area is 129 Å². The second-order valence-electron chi connectivity index (χ2n) is 6.25. The van der Waals surface area contributed by atoms with E-state index in [4.69, 9.17) is 4.42 Å². The van der Waals surface area contributed by atoms with Crippen LogP contribution in [-0.2, 0) is 11.8 Å². The van der Waals surface area contributed by atoms with Gasteiger partial charge < -0.3 is 4.42 Å². The SMILES string of the molecule is CC(C)(C)c1ccc(C(=O)CCc2ccc([N+](=O)[O-])o2)cc1. The minimum Gasteiger partial charge on any atom is -0.406 e. The zero-order chi connectivity index (χ0) is 16.3. The Bertz CT molecular complexity index is 677. The Kier molecular flexibility index (Phi) is 4.45. The summed E-state index contributed by atoms with van der Waals surface area (Å²) >= 11 is 0. The molecule has 116 valence electrons. The van der Waals surface area contributed by atoms with Crippen LogP contribution in [0.3, 0.4) is 0 Å². The van der Waals surface area contributed by atoms with Crippen molar-refractivity contribution in [3.8, 4) is 0 Å². The van der Waals surface area contributed by atoms with Crippen molar-refractivity contribution in [3.63, 3.8) is 0 Å². The lowest BCUT2D eigenvalue weighted by Crippen LogP contribution is -2.11. The number of aryl methyl sites for hydroxylation is 1. The van der Waals surface area contributed by atoms with E-state index in [1.165, 1.54) is 17.7 Å². The van der Waals surface area contributed by atoms with E-state index in [0.29, 0.717) is 17.7 Å². The van der Waals surface area contributed by atoms with Gasteiger partial charge in [0, 0.05) is 18.4 Å². The van der Waals surface area contributed by atoms with Crippen LogP contribution >= 0.6 is 0 Å². The van der Waals surface area contributed by atoms with Gasteiger partial charge in [-0.05, 0) is 17.0 Å². The van der Waals surface area contributed by atoms with Gasteiger partial charge in [-0.1, -0.05) is 45.0 Å². The summed E-state index contributed by atoms with van der Waals surface area (Å²) in [6, 6.07) is 10.4. The van der Waals surface area contributed by atoms with Gasteiger partial charge in [0.05, 0.1) is 6.07 Å². The van der Waals surface area contributed by atoms with Gasteiger partial charge in [-0.25, -0.2) is 0 Å². The highest BCUT2D eigenvalue weighted by Gasteiger charge is 2.16. The summed E-state index contributed by atoms with van der Waals surface area (Å²) in [5.41, 5.74) is 1.87. The summed E-state index contributed by atoms with van der Waals surface area (Å²) in [7, 11) is 0. The molecule has 0 saturated carbocycles. The van der Waals surface area contributed by atoms with Crippen LogP contribution in [0, 0.1) is 10.1 Å². The normalized spacial score (nSPS) is 11.4. The Hall–Kier alpha value is -2.43. The summed E-state index contributed by atoms with van der Waals surface area (Å²) in [6.45, 7) is 6.36. The topological polar surface area (TPSA) is 73.3 Å². The van der Waals surface area contributed by atoms with Gasteiger partial charge in [0.15, 0.2) is 5.78 Å². The smallest absolute Gasteiger partial charge is 0.406 e. The molecule has 0 radical (unpaired) electrons. The van der Waals surface area contributed by atoms with Crippen molar-refractivity contribution in [2.75, 3.05) is 0 Å². The molecular weight excluding hydrogens is 282 g/mol. The van der Waals surface area contributed by atoms with E-state index in [-0.39, 0.29) is 23.5 Å². The molecule has 0 fully saturated rings. The lowest BCUT2D eigenvalue weighted by Gasteiger charge is -2.18. The number of Topliss-reactive ketones (excluding diaryl/α,β-unsaturated/α-hetero) is 1. The molecule has 1 aromatic heterocycles.